The lowest BCUT2D eigenvalue weighted by Gasteiger charge is -2.43. The van der Waals surface area contributed by atoms with E-state index in [4.69, 9.17) is 11.6 Å². The first-order valence-corrected chi connectivity index (χ1v) is 8.56. The number of benzene rings is 1. The lowest BCUT2D eigenvalue weighted by molar-refractivity contribution is 0.107. The second-order valence-corrected chi connectivity index (χ2v) is 7.16. The van der Waals surface area contributed by atoms with E-state index in [1.54, 1.807) is 0 Å². The SMILES string of the molecule is CCNC(Cc1ccc(C)cc1Cl)C(C)(C)N1CCCC1. The highest BCUT2D eigenvalue weighted by atomic mass is 35.5. The number of hydrogen-bond acceptors (Lipinski definition) is 2. The first-order valence-electron chi connectivity index (χ1n) is 8.18. The van der Waals surface area contributed by atoms with E-state index in [0.29, 0.717) is 6.04 Å². The molecule has 1 N–H and O–H groups in total. The number of halogens is 1. The van der Waals surface area contributed by atoms with Gasteiger partial charge in [0.2, 0.25) is 0 Å². The van der Waals surface area contributed by atoms with Crippen molar-refractivity contribution in [2.45, 2.75) is 58.5 Å². The third-order valence-electron chi connectivity index (χ3n) is 4.86. The van der Waals surface area contributed by atoms with Crippen LogP contribution in [0.1, 0.15) is 44.7 Å². The molecule has 1 aliphatic rings. The van der Waals surface area contributed by atoms with E-state index < -0.39 is 0 Å². The molecule has 118 valence electrons. The number of likely N-dealkylation sites (N-methyl/N-ethyl adjacent to an activating group) is 1. The molecule has 1 fully saturated rings. The Morgan fingerprint density at radius 2 is 1.95 bits per heavy atom. The van der Waals surface area contributed by atoms with Crippen LogP contribution < -0.4 is 5.32 Å². The molecule has 1 aromatic carbocycles. The van der Waals surface area contributed by atoms with Crippen LogP contribution in [-0.2, 0) is 6.42 Å². The summed E-state index contributed by atoms with van der Waals surface area (Å²) in [5.41, 5.74) is 2.63. The molecule has 1 aliphatic heterocycles. The zero-order valence-corrected chi connectivity index (χ0v) is 14.6. The highest BCUT2D eigenvalue weighted by molar-refractivity contribution is 6.31. The van der Waals surface area contributed by atoms with Crippen molar-refractivity contribution in [2.75, 3.05) is 19.6 Å². The molecule has 1 atom stereocenters. The van der Waals surface area contributed by atoms with Gasteiger partial charge in [0.05, 0.1) is 0 Å². The van der Waals surface area contributed by atoms with Gasteiger partial charge in [-0.3, -0.25) is 4.90 Å². The topological polar surface area (TPSA) is 15.3 Å². The van der Waals surface area contributed by atoms with Gasteiger partial charge in [-0.2, -0.15) is 0 Å². The number of nitrogens with zero attached hydrogens (tertiary/aromatic N) is 1. The van der Waals surface area contributed by atoms with Gasteiger partial charge in [0.15, 0.2) is 0 Å². The Morgan fingerprint density at radius 1 is 1.29 bits per heavy atom. The summed E-state index contributed by atoms with van der Waals surface area (Å²) in [6.07, 6.45) is 3.64. The maximum atomic E-state index is 6.44. The maximum Gasteiger partial charge on any atom is 0.0441 e. The third kappa shape index (κ3) is 4.00. The second kappa shape index (κ2) is 7.13. The Kier molecular flexibility index (Phi) is 5.70. The molecule has 3 heteroatoms. The molecule has 2 nitrogen and oxygen atoms in total. The van der Waals surface area contributed by atoms with Crippen LogP contribution in [0, 0.1) is 6.92 Å². The molecule has 0 bridgehead atoms. The molecule has 1 unspecified atom stereocenters. The van der Waals surface area contributed by atoms with Crippen LogP contribution in [0.5, 0.6) is 0 Å². The predicted molar refractivity (Wildman–Crippen MR) is 92.2 cm³/mol. The standard InChI is InChI=1S/C18H29ClN2/c1-5-20-17(18(3,4)21-10-6-7-11-21)13-15-9-8-14(2)12-16(15)19/h8-9,12,17,20H,5-7,10-11,13H2,1-4H3. The van der Waals surface area contributed by atoms with Gasteiger partial charge in [0.25, 0.3) is 0 Å². The summed E-state index contributed by atoms with van der Waals surface area (Å²) < 4.78 is 0. The average molecular weight is 309 g/mol. The molecule has 0 radical (unpaired) electrons. The van der Waals surface area contributed by atoms with E-state index in [1.807, 2.05) is 0 Å². The van der Waals surface area contributed by atoms with Crippen LogP contribution in [0.4, 0.5) is 0 Å². The molecule has 1 aromatic rings. The summed E-state index contributed by atoms with van der Waals surface area (Å²) in [4.78, 5) is 2.63. The molecule has 0 saturated carbocycles. The minimum atomic E-state index is 0.153. The van der Waals surface area contributed by atoms with E-state index in [2.05, 4.69) is 56.1 Å². The molecular formula is C18H29ClN2. The Balaban J connectivity index is 2.17. The Morgan fingerprint density at radius 3 is 2.52 bits per heavy atom. The number of rotatable bonds is 6. The molecule has 1 saturated heterocycles. The summed E-state index contributed by atoms with van der Waals surface area (Å²) in [6.45, 7) is 12.4. The molecular weight excluding hydrogens is 280 g/mol. The van der Waals surface area contributed by atoms with Crippen LogP contribution in [0.2, 0.25) is 5.02 Å². The lowest BCUT2D eigenvalue weighted by atomic mass is 9.87. The van der Waals surface area contributed by atoms with E-state index >= 15 is 0 Å². The van der Waals surface area contributed by atoms with E-state index in [9.17, 15) is 0 Å². The highest BCUT2D eigenvalue weighted by Crippen LogP contribution is 2.28. The van der Waals surface area contributed by atoms with Crippen molar-refractivity contribution in [3.8, 4) is 0 Å². The average Bonchev–Trinajstić information content (AvgIpc) is 2.95. The predicted octanol–water partition coefficient (Wildman–Crippen LogP) is 4.04. The molecule has 0 aliphatic carbocycles. The van der Waals surface area contributed by atoms with Gasteiger partial charge in [-0.05, 0) is 76.9 Å². The van der Waals surface area contributed by atoms with Gasteiger partial charge in [-0.25, -0.2) is 0 Å². The van der Waals surface area contributed by atoms with Crippen molar-refractivity contribution in [1.82, 2.24) is 10.2 Å². The smallest absolute Gasteiger partial charge is 0.0441 e. The zero-order valence-electron chi connectivity index (χ0n) is 13.9. The van der Waals surface area contributed by atoms with Crippen LogP contribution in [0.25, 0.3) is 0 Å². The first-order chi connectivity index (χ1) is 9.95. The Bertz CT molecular complexity index is 464. The Labute approximate surface area is 134 Å². The number of aryl methyl sites for hydroxylation is 1. The molecule has 0 spiro atoms. The van der Waals surface area contributed by atoms with E-state index in [-0.39, 0.29) is 5.54 Å². The van der Waals surface area contributed by atoms with Crippen LogP contribution in [0.15, 0.2) is 18.2 Å². The van der Waals surface area contributed by atoms with Gasteiger partial charge in [-0.1, -0.05) is 30.7 Å². The largest absolute Gasteiger partial charge is 0.312 e. The zero-order chi connectivity index (χ0) is 15.5. The van der Waals surface area contributed by atoms with Crippen molar-refractivity contribution < 1.29 is 0 Å². The maximum absolute atomic E-state index is 6.44. The lowest BCUT2D eigenvalue weighted by Crippen LogP contribution is -2.57. The van der Waals surface area contributed by atoms with Crippen molar-refractivity contribution in [2.24, 2.45) is 0 Å². The van der Waals surface area contributed by atoms with Gasteiger partial charge in [0.1, 0.15) is 0 Å². The van der Waals surface area contributed by atoms with Gasteiger partial charge in [-0.15, -0.1) is 0 Å². The minimum absolute atomic E-state index is 0.153. The van der Waals surface area contributed by atoms with E-state index in [1.165, 1.54) is 37.1 Å². The molecule has 0 amide bonds. The van der Waals surface area contributed by atoms with Crippen LogP contribution in [0.3, 0.4) is 0 Å². The quantitative estimate of drug-likeness (QED) is 0.853. The van der Waals surface area contributed by atoms with Gasteiger partial charge >= 0.3 is 0 Å². The molecule has 21 heavy (non-hydrogen) atoms. The fraction of sp³-hybridized carbons (Fsp3) is 0.667. The monoisotopic (exact) mass is 308 g/mol. The molecule has 2 rings (SSSR count). The molecule has 0 aromatic heterocycles. The summed E-state index contributed by atoms with van der Waals surface area (Å²) in [6, 6.07) is 6.83. The fourth-order valence-electron chi connectivity index (χ4n) is 3.37. The normalized spacial score (nSPS) is 18.1. The summed E-state index contributed by atoms with van der Waals surface area (Å²) in [7, 11) is 0. The number of nitrogens with one attached hydrogen (secondary N) is 1. The van der Waals surface area contributed by atoms with Crippen LogP contribution in [-0.4, -0.2) is 36.1 Å². The van der Waals surface area contributed by atoms with Crippen molar-refractivity contribution in [3.05, 3.63) is 34.3 Å². The minimum Gasteiger partial charge on any atom is -0.312 e. The first kappa shape index (κ1) is 16.8. The highest BCUT2D eigenvalue weighted by Gasteiger charge is 2.36. The Hall–Kier alpha value is -0.570. The van der Waals surface area contributed by atoms with Gasteiger partial charge in [0, 0.05) is 16.6 Å². The van der Waals surface area contributed by atoms with Crippen molar-refractivity contribution in [3.63, 3.8) is 0 Å². The van der Waals surface area contributed by atoms with Gasteiger partial charge < -0.3 is 5.32 Å². The van der Waals surface area contributed by atoms with Crippen molar-refractivity contribution >= 4 is 11.6 Å². The summed E-state index contributed by atoms with van der Waals surface area (Å²) in [5, 5.41) is 4.59. The summed E-state index contributed by atoms with van der Waals surface area (Å²) >= 11 is 6.44. The fourth-order valence-corrected chi connectivity index (χ4v) is 3.68. The molecule has 1 heterocycles. The van der Waals surface area contributed by atoms with Crippen molar-refractivity contribution in [1.29, 1.82) is 0 Å². The van der Waals surface area contributed by atoms with Crippen LogP contribution >= 0.6 is 11.6 Å². The second-order valence-electron chi connectivity index (χ2n) is 6.76. The van der Waals surface area contributed by atoms with E-state index in [0.717, 1.165) is 18.0 Å². The number of hydrogen-bond donors (Lipinski definition) is 1. The number of likely N-dealkylation sites (tertiary alicyclic amines) is 1. The summed E-state index contributed by atoms with van der Waals surface area (Å²) in [5.74, 6) is 0. The third-order valence-corrected chi connectivity index (χ3v) is 5.21.